The van der Waals surface area contributed by atoms with Crippen LogP contribution in [0.15, 0.2) is 48.5 Å². The number of hydrogen-bond acceptors (Lipinski definition) is 6. The largest absolute Gasteiger partial charge is 0.377 e. The molecule has 0 spiro atoms. The number of anilines is 1. The fraction of sp³-hybridized carbons (Fsp3) is 0.280. The van der Waals surface area contributed by atoms with Crippen molar-refractivity contribution in [3.63, 3.8) is 0 Å². The number of aryl methyl sites for hydroxylation is 1. The molecule has 8 nitrogen and oxygen atoms in total. The predicted octanol–water partition coefficient (Wildman–Crippen LogP) is 4.54. The molecule has 1 aliphatic rings. The van der Waals surface area contributed by atoms with E-state index in [0.717, 1.165) is 22.6 Å². The Morgan fingerprint density at radius 2 is 1.80 bits per heavy atom. The number of halogens is 2. The molecule has 10 heteroatoms. The molecule has 2 aromatic carbocycles. The molecular formula is C25H24Cl2N6O2. The highest BCUT2D eigenvalue weighted by Crippen LogP contribution is 2.30. The van der Waals surface area contributed by atoms with Crippen molar-refractivity contribution < 1.29 is 9.53 Å². The first-order valence-electron chi connectivity index (χ1n) is 11.3. The van der Waals surface area contributed by atoms with Crippen LogP contribution in [0.5, 0.6) is 0 Å². The normalized spacial score (nSPS) is 14.1. The maximum atomic E-state index is 13.0. The van der Waals surface area contributed by atoms with Crippen molar-refractivity contribution in [3.8, 4) is 5.69 Å². The van der Waals surface area contributed by atoms with Gasteiger partial charge in [-0.25, -0.2) is 14.6 Å². The summed E-state index contributed by atoms with van der Waals surface area (Å²) in [4.78, 5) is 26.6. The molecule has 35 heavy (non-hydrogen) atoms. The van der Waals surface area contributed by atoms with Crippen LogP contribution in [-0.4, -0.2) is 63.8 Å². The standard InChI is InChI=1S/C25H24Cl2N6O2/c1-16-22-23(31-10-12-32(13-11-31)25(34)19-8-3-4-9-20(19)27)28-21(15-35-2)29-24(22)33(30-16)18-7-5-6-17(26)14-18/h3-9,14H,10-13,15H2,1-2H3. The fourth-order valence-electron chi connectivity index (χ4n) is 4.34. The van der Waals surface area contributed by atoms with Crippen LogP contribution in [-0.2, 0) is 11.3 Å². The lowest BCUT2D eigenvalue weighted by atomic mass is 10.1. The molecule has 0 N–H and O–H groups in total. The van der Waals surface area contributed by atoms with Gasteiger partial charge in [-0.1, -0.05) is 41.4 Å². The van der Waals surface area contributed by atoms with Gasteiger partial charge >= 0.3 is 0 Å². The SMILES string of the molecule is COCc1nc(N2CCN(C(=O)c3ccccc3Cl)CC2)c2c(C)nn(-c3cccc(Cl)c3)c2n1. The monoisotopic (exact) mass is 510 g/mol. The van der Waals surface area contributed by atoms with Crippen molar-refractivity contribution in [3.05, 3.63) is 75.7 Å². The van der Waals surface area contributed by atoms with Crippen molar-refractivity contribution in [1.82, 2.24) is 24.6 Å². The van der Waals surface area contributed by atoms with E-state index in [0.29, 0.717) is 53.3 Å². The molecule has 0 radical (unpaired) electrons. The summed E-state index contributed by atoms with van der Waals surface area (Å²) in [5.41, 5.74) is 2.84. The summed E-state index contributed by atoms with van der Waals surface area (Å²) in [6, 6.07) is 14.6. The number of carbonyl (C=O) groups is 1. The average Bonchev–Trinajstić information content (AvgIpc) is 3.20. The number of fused-ring (bicyclic) bond motifs is 1. The van der Waals surface area contributed by atoms with Crippen LogP contribution in [0.1, 0.15) is 21.9 Å². The lowest BCUT2D eigenvalue weighted by Crippen LogP contribution is -2.49. The van der Waals surface area contributed by atoms with Gasteiger partial charge < -0.3 is 14.5 Å². The predicted molar refractivity (Wildman–Crippen MR) is 137 cm³/mol. The Morgan fingerprint density at radius 1 is 1.03 bits per heavy atom. The molecule has 1 amide bonds. The van der Waals surface area contributed by atoms with Gasteiger partial charge in [0.05, 0.1) is 27.4 Å². The first kappa shape index (κ1) is 23.5. The second-order valence-corrected chi connectivity index (χ2v) is 9.17. The number of hydrogen-bond donors (Lipinski definition) is 0. The summed E-state index contributed by atoms with van der Waals surface area (Å²) in [6.45, 7) is 4.57. The first-order chi connectivity index (χ1) is 17.0. The Labute approximate surface area is 213 Å². The van der Waals surface area contributed by atoms with Gasteiger partial charge in [0.15, 0.2) is 11.5 Å². The van der Waals surface area contributed by atoms with Crippen LogP contribution >= 0.6 is 23.2 Å². The number of methoxy groups -OCH3 is 1. The number of nitrogens with zero attached hydrogens (tertiary/aromatic N) is 6. The quantitative estimate of drug-likeness (QED) is 0.392. The molecule has 0 bridgehead atoms. The third kappa shape index (κ3) is 4.57. The zero-order chi connectivity index (χ0) is 24.5. The molecule has 1 fully saturated rings. The van der Waals surface area contributed by atoms with Crippen molar-refractivity contribution in [2.75, 3.05) is 38.2 Å². The lowest BCUT2D eigenvalue weighted by Gasteiger charge is -2.36. The highest BCUT2D eigenvalue weighted by molar-refractivity contribution is 6.33. The Morgan fingerprint density at radius 3 is 2.51 bits per heavy atom. The molecule has 4 aromatic rings. The second kappa shape index (κ2) is 9.81. The van der Waals surface area contributed by atoms with E-state index < -0.39 is 0 Å². The van der Waals surface area contributed by atoms with Gasteiger partial charge in [0.2, 0.25) is 0 Å². The topological polar surface area (TPSA) is 76.4 Å². The van der Waals surface area contributed by atoms with E-state index in [-0.39, 0.29) is 12.5 Å². The molecule has 180 valence electrons. The highest BCUT2D eigenvalue weighted by Gasteiger charge is 2.27. The van der Waals surface area contributed by atoms with E-state index in [2.05, 4.69) is 4.90 Å². The Kier molecular flexibility index (Phi) is 6.60. The minimum atomic E-state index is -0.0619. The van der Waals surface area contributed by atoms with Crippen molar-refractivity contribution in [2.45, 2.75) is 13.5 Å². The molecule has 0 unspecified atom stereocenters. The minimum absolute atomic E-state index is 0.0619. The van der Waals surface area contributed by atoms with Crippen LogP contribution in [0.4, 0.5) is 5.82 Å². The van der Waals surface area contributed by atoms with Crippen LogP contribution in [0, 0.1) is 6.92 Å². The van der Waals surface area contributed by atoms with Gasteiger partial charge in [-0.15, -0.1) is 0 Å². The molecule has 0 aliphatic carbocycles. The third-order valence-electron chi connectivity index (χ3n) is 6.03. The third-order valence-corrected chi connectivity index (χ3v) is 6.59. The van der Waals surface area contributed by atoms with Gasteiger partial charge in [-0.2, -0.15) is 5.10 Å². The Bertz CT molecular complexity index is 1400. The molecule has 1 aliphatic heterocycles. The molecule has 0 atom stereocenters. The molecule has 0 saturated carbocycles. The van der Waals surface area contributed by atoms with Crippen LogP contribution in [0.3, 0.4) is 0 Å². The summed E-state index contributed by atoms with van der Waals surface area (Å²) < 4.78 is 7.13. The van der Waals surface area contributed by atoms with E-state index >= 15 is 0 Å². The highest BCUT2D eigenvalue weighted by atomic mass is 35.5. The van der Waals surface area contributed by atoms with Crippen LogP contribution in [0.2, 0.25) is 10.0 Å². The summed E-state index contributed by atoms with van der Waals surface area (Å²) in [6.07, 6.45) is 0. The molecule has 2 aromatic heterocycles. The Hall–Kier alpha value is -3.20. The van der Waals surface area contributed by atoms with Crippen LogP contribution in [0.25, 0.3) is 16.7 Å². The molecule has 5 rings (SSSR count). The number of amides is 1. The van der Waals surface area contributed by atoms with E-state index in [4.69, 9.17) is 43.0 Å². The second-order valence-electron chi connectivity index (χ2n) is 8.33. The average molecular weight is 511 g/mol. The first-order valence-corrected chi connectivity index (χ1v) is 12.0. The van der Waals surface area contributed by atoms with Crippen molar-refractivity contribution in [1.29, 1.82) is 0 Å². The van der Waals surface area contributed by atoms with Gasteiger partial charge in [0.25, 0.3) is 5.91 Å². The number of aromatic nitrogens is 4. The summed E-state index contributed by atoms with van der Waals surface area (Å²) in [7, 11) is 1.62. The van der Waals surface area contributed by atoms with Crippen molar-refractivity contribution in [2.24, 2.45) is 0 Å². The molecule has 3 heterocycles. The lowest BCUT2D eigenvalue weighted by molar-refractivity contribution is 0.0746. The summed E-state index contributed by atoms with van der Waals surface area (Å²) in [5.74, 6) is 1.29. The van der Waals surface area contributed by atoms with Gasteiger partial charge in [0.1, 0.15) is 12.4 Å². The maximum absolute atomic E-state index is 13.0. The van der Waals surface area contributed by atoms with Crippen molar-refractivity contribution >= 4 is 46.0 Å². The zero-order valence-corrected chi connectivity index (χ0v) is 20.9. The van der Waals surface area contributed by atoms with E-state index in [1.54, 1.807) is 23.9 Å². The van der Waals surface area contributed by atoms with E-state index in [1.807, 2.05) is 48.2 Å². The zero-order valence-electron chi connectivity index (χ0n) is 19.4. The van der Waals surface area contributed by atoms with E-state index in [1.165, 1.54) is 0 Å². The number of piperazine rings is 1. The van der Waals surface area contributed by atoms with E-state index in [9.17, 15) is 4.79 Å². The number of benzene rings is 2. The molecular weight excluding hydrogens is 487 g/mol. The van der Waals surface area contributed by atoms with Gasteiger partial charge in [0, 0.05) is 38.3 Å². The number of rotatable bonds is 5. The van der Waals surface area contributed by atoms with Crippen LogP contribution < -0.4 is 4.90 Å². The number of carbonyl (C=O) groups excluding carboxylic acids is 1. The molecule has 1 saturated heterocycles. The number of ether oxygens (including phenoxy) is 1. The summed E-state index contributed by atoms with van der Waals surface area (Å²) in [5, 5.41) is 6.71. The smallest absolute Gasteiger partial charge is 0.255 e. The Balaban J connectivity index is 1.49. The maximum Gasteiger partial charge on any atom is 0.255 e. The fourth-order valence-corrected chi connectivity index (χ4v) is 4.74. The minimum Gasteiger partial charge on any atom is -0.377 e. The van der Waals surface area contributed by atoms with Gasteiger partial charge in [-0.3, -0.25) is 4.79 Å². The van der Waals surface area contributed by atoms with Gasteiger partial charge in [-0.05, 0) is 37.3 Å². The summed E-state index contributed by atoms with van der Waals surface area (Å²) >= 11 is 12.5.